The lowest BCUT2D eigenvalue weighted by Gasteiger charge is -2.23. The van der Waals surface area contributed by atoms with Crippen molar-refractivity contribution >= 4 is 5.82 Å². The second-order valence-corrected chi connectivity index (χ2v) is 3.09. The van der Waals surface area contributed by atoms with Gasteiger partial charge in [-0.15, -0.1) is 0 Å². The summed E-state index contributed by atoms with van der Waals surface area (Å²) in [4.78, 5) is 19.2. The molecule has 74 valence electrons. The van der Waals surface area contributed by atoms with Gasteiger partial charge >= 0.3 is 0 Å². The average molecular weight is 192 g/mol. The third-order valence-electron chi connectivity index (χ3n) is 2.07. The van der Waals surface area contributed by atoms with Crippen LogP contribution in [-0.2, 0) is 0 Å². The summed E-state index contributed by atoms with van der Waals surface area (Å²) in [6.45, 7) is 1.91. The normalized spacial score (nSPS) is 11.8. The summed E-state index contributed by atoms with van der Waals surface area (Å²) in [5.74, 6) is 0.580. The highest BCUT2D eigenvalue weighted by molar-refractivity contribution is 5.36. The van der Waals surface area contributed by atoms with E-state index in [1.807, 2.05) is 14.0 Å². The maximum atomic E-state index is 11.0. The third-order valence-corrected chi connectivity index (χ3v) is 2.07. The van der Waals surface area contributed by atoms with Crippen molar-refractivity contribution in [3.63, 3.8) is 0 Å². The fraction of sp³-hybridized carbons (Fsp3) is 0.444. The summed E-state index contributed by atoms with van der Waals surface area (Å²) in [5.41, 5.74) is -0.189. The molecule has 1 N–H and O–H groups in total. The smallest absolute Gasteiger partial charge is 0.252 e. The minimum absolute atomic E-state index is 0.0503. The monoisotopic (exact) mass is 192 g/mol. The van der Waals surface area contributed by atoms with Crippen LogP contribution in [0.5, 0.6) is 0 Å². The summed E-state index contributed by atoms with van der Waals surface area (Å²) in [6, 6.07) is 3.54. The van der Waals surface area contributed by atoms with Crippen LogP contribution in [0.3, 0.4) is 0 Å². The Balaban J connectivity index is 2.84. The molecule has 0 amide bonds. The van der Waals surface area contributed by atoms with Crippen molar-refractivity contribution in [2.24, 2.45) is 0 Å². The van der Waals surface area contributed by atoms with Crippen LogP contribution in [0.1, 0.15) is 13.3 Å². The maximum absolute atomic E-state index is 11.0. The van der Waals surface area contributed by atoms with E-state index in [4.69, 9.17) is 5.26 Å². The fourth-order valence-corrected chi connectivity index (χ4v) is 1.05. The Morgan fingerprint density at radius 3 is 3.07 bits per heavy atom. The van der Waals surface area contributed by atoms with Gasteiger partial charge in [-0.05, 0) is 6.92 Å². The Labute approximate surface area is 82.0 Å². The van der Waals surface area contributed by atoms with Gasteiger partial charge in [-0.3, -0.25) is 4.79 Å². The molecule has 0 fully saturated rings. The molecule has 1 aromatic heterocycles. The molecule has 0 aliphatic carbocycles. The van der Waals surface area contributed by atoms with Gasteiger partial charge in [-0.2, -0.15) is 5.26 Å². The molecule has 0 radical (unpaired) electrons. The largest absolute Gasteiger partial charge is 0.356 e. The summed E-state index contributed by atoms with van der Waals surface area (Å²) >= 11 is 0. The van der Waals surface area contributed by atoms with E-state index in [1.54, 1.807) is 4.90 Å². The highest BCUT2D eigenvalue weighted by atomic mass is 16.1. The van der Waals surface area contributed by atoms with Crippen LogP contribution >= 0.6 is 0 Å². The van der Waals surface area contributed by atoms with E-state index >= 15 is 0 Å². The van der Waals surface area contributed by atoms with Gasteiger partial charge in [-0.1, -0.05) is 0 Å². The molecule has 0 spiro atoms. The molecule has 0 saturated heterocycles. The van der Waals surface area contributed by atoms with Gasteiger partial charge in [0, 0.05) is 19.2 Å². The highest BCUT2D eigenvalue weighted by Gasteiger charge is 2.10. The quantitative estimate of drug-likeness (QED) is 0.757. The SMILES string of the molecule is CC(CC#N)N(C)c1cc(=O)[nH]cn1. The van der Waals surface area contributed by atoms with Crippen molar-refractivity contribution in [1.29, 1.82) is 5.26 Å². The van der Waals surface area contributed by atoms with E-state index in [-0.39, 0.29) is 11.6 Å². The zero-order chi connectivity index (χ0) is 10.6. The summed E-state index contributed by atoms with van der Waals surface area (Å²) < 4.78 is 0. The van der Waals surface area contributed by atoms with Crippen LogP contribution in [0, 0.1) is 11.3 Å². The van der Waals surface area contributed by atoms with E-state index in [1.165, 1.54) is 12.4 Å². The van der Waals surface area contributed by atoms with Crippen LogP contribution in [0.4, 0.5) is 5.82 Å². The van der Waals surface area contributed by atoms with Gasteiger partial charge < -0.3 is 9.88 Å². The number of aromatic amines is 1. The lowest BCUT2D eigenvalue weighted by atomic mass is 10.2. The second kappa shape index (κ2) is 4.42. The molecule has 0 aliphatic heterocycles. The average Bonchev–Trinajstić information content (AvgIpc) is 2.17. The van der Waals surface area contributed by atoms with E-state index < -0.39 is 0 Å². The standard InChI is InChI=1S/C9H12N4O/c1-7(3-4-10)13(2)8-5-9(14)12-6-11-8/h5-7H,3H2,1-2H3,(H,11,12,14). The highest BCUT2D eigenvalue weighted by Crippen LogP contribution is 2.09. The number of anilines is 1. The first-order valence-corrected chi connectivity index (χ1v) is 4.29. The molecule has 1 atom stereocenters. The topological polar surface area (TPSA) is 72.8 Å². The number of hydrogen-bond donors (Lipinski definition) is 1. The number of nitriles is 1. The van der Waals surface area contributed by atoms with Crippen molar-refractivity contribution in [2.45, 2.75) is 19.4 Å². The number of nitrogens with zero attached hydrogens (tertiary/aromatic N) is 3. The Morgan fingerprint density at radius 1 is 1.79 bits per heavy atom. The van der Waals surface area contributed by atoms with Crippen LogP contribution in [0.2, 0.25) is 0 Å². The van der Waals surface area contributed by atoms with Crippen molar-refractivity contribution < 1.29 is 0 Å². The first-order valence-electron chi connectivity index (χ1n) is 4.29. The lowest BCUT2D eigenvalue weighted by molar-refractivity contribution is 0.692. The Kier molecular flexibility index (Phi) is 3.24. The second-order valence-electron chi connectivity index (χ2n) is 3.09. The Bertz CT molecular complexity index is 392. The number of rotatable bonds is 3. The molecular formula is C9H12N4O. The molecule has 1 rings (SSSR count). The van der Waals surface area contributed by atoms with E-state index in [0.717, 1.165) is 0 Å². The van der Waals surface area contributed by atoms with Crippen LogP contribution in [0.15, 0.2) is 17.2 Å². The van der Waals surface area contributed by atoms with E-state index in [9.17, 15) is 4.79 Å². The van der Waals surface area contributed by atoms with Gasteiger partial charge in [0.25, 0.3) is 5.56 Å². The minimum Gasteiger partial charge on any atom is -0.356 e. The zero-order valence-corrected chi connectivity index (χ0v) is 8.19. The number of aromatic nitrogens is 2. The minimum atomic E-state index is -0.189. The van der Waals surface area contributed by atoms with Crippen molar-refractivity contribution in [2.75, 3.05) is 11.9 Å². The molecule has 5 heteroatoms. The molecule has 1 unspecified atom stereocenters. The molecule has 0 saturated carbocycles. The molecule has 0 aliphatic rings. The Hall–Kier alpha value is -1.83. The molecule has 1 aromatic rings. The van der Waals surface area contributed by atoms with Gasteiger partial charge in [0.2, 0.25) is 0 Å². The third kappa shape index (κ3) is 2.33. The van der Waals surface area contributed by atoms with Crippen LogP contribution < -0.4 is 10.5 Å². The fourth-order valence-electron chi connectivity index (χ4n) is 1.05. The van der Waals surface area contributed by atoms with Gasteiger partial charge in [0.1, 0.15) is 5.82 Å². The molecular weight excluding hydrogens is 180 g/mol. The summed E-state index contributed by atoms with van der Waals surface area (Å²) in [5, 5.41) is 8.52. The van der Waals surface area contributed by atoms with Gasteiger partial charge in [0.15, 0.2) is 0 Å². The molecule has 0 bridgehead atoms. The predicted octanol–water partition coefficient (Wildman–Crippen LogP) is 0.508. The number of hydrogen-bond acceptors (Lipinski definition) is 4. The number of nitrogens with one attached hydrogen (secondary N) is 1. The number of H-pyrrole nitrogens is 1. The summed E-state index contributed by atoms with van der Waals surface area (Å²) in [7, 11) is 1.81. The zero-order valence-electron chi connectivity index (χ0n) is 8.19. The lowest BCUT2D eigenvalue weighted by Crippen LogP contribution is -2.30. The van der Waals surface area contributed by atoms with Crippen LogP contribution in [-0.4, -0.2) is 23.1 Å². The van der Waals surface area contributed by atoms with E-state index in [2.05, 4.69) is 16.0 Å². The van der Waals surface area contributed by atoms with Gasteiger partial charge in [-0.25, -0.2) is 4.98 Å². The van der Waals surface area contributed by atoms with E-state index in [0.29, 0.717) is 12.2 Å². The van der Waals surface area contributed by atoms with Crippen LogP contribution in [0.25, 0.3) is 0 Å². The first kappa shape index (κ1) is 10.3. The van der Waals surface area contributed by atoms with Crippen molar-refractivity contribution in [3.05, 3.63) is 22.7 Å². The molecule has 0 aromatic carbocycles. The van der Waals surface area contributed by atoms with Crippen molar-refractivity contribution in [3.8, 4) is 6.07 Å². The molecule has 1 heterocycles. The Morgan fingerprint density at radius 2 is 2.50 bits per heavy atom. The van der Waals surface area contributed by atoms with Crippen molar-refractivity contribution in [1.82, 2.24) is 9.97 Å². The predicted molar refractivity (Wildman–Crippen MR) is 53.0 cm³/mol. The summed E-state index contributed by atoms with van der Waals surface area (Å²) in [6.07, 6.45) is 1.76. The van der Waals surface area contributed by atoms with Gasteiger partial charge in [0.05, 0.1) is 18.8 Å². The maximum Gasteiger partial charge on any atom is 0.252 e. The first-order chi connectivity index (χ1) is 6.65. The molecule has 14 heavy (non-hydrogen) atoms. The molecule has 5 nitrogen and oxygen atoms in total.